The summed E-state index contributed by atoms with van der Waals surface area (Å²) in [4.78, 5) is 11.8. The molecular weight excluding hydrogens is 396 g/mol. The highest BCUT2D eigenvalue weighted by Gasteiger charge is 2.33. The van der Waals surface area contributed by atoms with Crippen LogP contribution in [0.5, 0.6) is 0 Å². The van der Waals surface area contributed by atoms with Crippen LogP contribution in [0.2, 0.25) is 0 Å². The number of halogens is 4. The Balaban J connectivity index is 3.78. The normalized spacial score (nSPS) is 11.8. The fourth-order valence-electron chi connectivity index (χ4n) is 1.05. The Morgan fingerprint density at radius 1 is 1.53 bits per heavy atom. The van der Waals surface area contributed by atoms with Crippen molar-refractivity contribution in [3.05, 3.63) is 25.6 Å². The largest absolute Gasteiger partial charge is 0.311 e. The van der Waals surface area contributed by atoms with E-state index in [9.17, 15) is 27.3 Å². The SMILES string of the molecule is O=[N+]([O-])c1c(I)ncc(S(=O)(=O)Cl)c1C(F)F. The summed E-state index contributed by atoms with van der Waals surface area (Å²) in [5.41, 5.74) is -2.30. The molecule has 0 amide bonds. The molecule has 17 heavy (non-hydrogen) atoms. The lowest BCUT2D eigenvalue weighted by Gasteiger charge is -2.07. The molecule has 0 radical (unpaired) electrons. The van der Waals surface area contributed by atoms with Crippen LogP contribution in [0.15, 0.2) is 11.1 Å². The molecule has 11 heteroatoms. The molecule has 0 aliphatic rings. The van der Waals surface area contributed by atoms with Crippen LogP contribution in [-0.4, -0.2) is 18.3 Å². The molecule has 6 nitrogen and oxygen atoms in total. The molecule has 1 aromatic rings. The zero-order chi connectivity index (χ0) is 13.4. The highest BCUT2D eigenvalue weighted by atomic mass is 127. The van der Waals surface area contributed by atoms with Crippen molar-refractivity contribution in [2.75, 3.05) is 0 Å². The second-order valence-corrected chi connectivity index (χ2v) is 6.23. The van der Waals surface area contributed by atoms with Crippen LogP contribution >= 0.6 is 33.3 Å². The van der Waals surface area contributed by atoms with Gasteiger partial charge < -0.3 is 0 Å². The molecule has 0 atom stereocenters. The number of hydrogen-bond donors (Lipinski definition) is 0. The molecule has 94 valence electrons. The summed E-state index contributed by atoms with van der Waals surface area (Å²) in [6.07, 6.45) is -2.78. The Morgan fingerprint density at radius 2 is 2.06 bits per heavy atom. The summed E-state index contributed by atoms with van der Waals surface area (Å²) in [5, 5.41) is 10.6. The highest BCUT2D eigenvalue weighted by Crippen LogP contribution is 2.37. The minimum Gasteiger partial charge on any atom is -0.258 e. The van der Waals surface area contributed by atoms with Crippen LogP contribution in [0, 0.1) is 13.8 Å². The Bertz CT molecular complexity index is 580. The number of rotatable bonds is 3. The third-order valence-electron chi connectivity index (χ3n) is 1.67. The summed E-state index contributed by atoms with van der Waals surface area (Å²) >= 11 is 1.36. The molecule has 0 N–H and O–H groups in total. The van der Waals surface area contributed by atoms with Crippen molar-refractivity contribution in [2.45, 2.75) is 11.3 Å². The maximum Gasteiger partial charge on any atom is 0.311 e. The van der Waals surface area contributed by atoms with E-state index in [-0.39, 0.29) is 3.70 Å². The minimum absolute atomic E-state index is 0.341. The topological polar surface area (TPSA) is 90.2 Å². The van der Waals surface area contributed by atoms with Gasteiger partial charge in [-0.15, -0.1) is 0 Å². The first-order valence-corrected chi connectivity index (χ1v) is 7.10. The fourth-order valence-corrected chi connectivity index (χ4v) is 2.68. The van der Waals surface area contributed by atoms with E-state index < -0.39 is 36.5 Å². The summed E-state index contributed by atoms with van der Waals surface area (Å²) < 4.78 is 47.1. The van der Waals surface area contributed by atoms with E-state index in [0.29, 0.717) is 6.20 Å². The van der Waals surface area contributed by atoms with Gasteiger partial charge in [0.15, 0.2) is 3.70 Å². The van der Waals surface area contributed by atoms with Gasteiger partial charge >= 0.3 is 5.69 Å². The molecule has 0 saturated heterocycles. The Labute approximate surface area is 112 Å². The van der Waals surface area contributed by atoms with E-state index in [1.807, 2.05) is 0 Å². The monoisotopic (exact) mass is 398 g/mol. The maximum absolute atomic E-state index is 12.7. The zero-order valence-corrected chi connectivity index (χ0v) is 11.3. The first kappa shape index (κ1) is 14.4. The Kier molecular flexibility index (Phi) is 4.19. The van der Waals surface area contributed by atoms with Crippen molar-refractivity contribution in [2.24, 2.45) is 0 Å². The summed E-state index contributed by atoms with van der Waals surface area (Å²) in [6, 6.07) is 0. The predicted octanol–water partition coefficient (Wildman–Crippen LogP) is 2.46. The third kappa shape index (κ3) is 2.98. The summed E-state index contributed by atoms with van der Waals surface area (Å²) in [7, 11) is 0.381. The molecule has 0 unspecified atom stereocenters. The van der Waals surface area contributed by atoms with E-state index in [0.717, 1.165) is 0 Å². The molecule has 0 bridgehead atoms. The van der Waals surface area contributed by atoms with Gasteiger partial charge in [-0.1, -0.05) is 0 Å². The first-order valence-electron chi connectivity index (χ1n) is 3.72. The minimum atomic E-state index is -4.53. The second kappa shape index (κ2) is 4.94. The fraction of sp³-hybridized carbons (Fsp3) is 0.167. The lowest BCUT2D eigenvalue weighted by molar-refractivity contribution is -0.387. The summed E-state index contributed by atoms with van der Waals surface area (Å²) in [5.74, 6) is 0. The third-order valence-corrected chi connectivity index (χ3v) is 3.81. The molecule has 1 aromatic heterocycles. The average molecular weight is 399 g/mol. The van der Waals surface area contributed by atoms with Crippen molar-refractivity contribution in [3.8, 4) is 0 Å². The van der Waals surface area contributed by atoms with Crippen molar-refractivity contribution in [3.63, 3.8) is 0 Å². The maximum atomic E-state index is 12.7. The molecule has 0 aromatic carbocycles. The smallest absolute Gasteiger partial charge is 0.258 e. The van der Waals surface area contributed by atoms with Crippen LogP contribution in [0.1, 0.15) is 12.0 Å². The number of nitro groups is 1. The van der Waals surface area contributed by atoms with Crippen molar-refractivity contribution in [1.29, 1.82) is 0 Å². The van der Waals surface area contributed by atoms with Crippen LogP contribution in [0.3, 0.4) is 0 Å². The molecule has 0 aliphatic carbocycles. The van der Waals surface area contributed by atoms with Gasteiger partial charge in [-0.2, -0.15) is 0 Å². The van der Waals surface area contributed by atoms with Crippen LogP contribution < -0.4 is 0 Å². The number of nitrogens with zero attached hydrogens (tertiary/aromatic N) is 2. The standard InChI is InChI=1S/C6H2ClF2IN2O4S/c7-17(15,16)2-1-11-6(10)4(12(13)14)3(2)5(8)9/h1,5H. The van der Waals surface area contributed by atoms with Gasteiger partial charge in [0, 0.05) is 16.9 Å². The molecule has 0 saturated carbocycles. The van der Waals surface area contributed by atoms with E-state index in [1.54, 1.807) is 0 Å². The van der Waals surface area contributed by atoms with Gasteiger partial charge in [0.05, 0.1) is 4.92 Å². The molecular formula is C6H2ClF2IN2O4S. The quantitative estimate of drug-likeness (QED) is 0.256. The van der Waals surface area contributed by atoms with E-state index >= 15 is 0 Å². The predicted molar refractivity (Wildman–Crippen MR) is 61.6 cm³/mol. The van der Waals surface area contributed by atoms with Crippen LogP contribution in [-0.2, 0) is 9.05 Å². The van der Waals surface area contributed by atoms with Gasteiger partial charge in [-0.25, -0.2) is 22.2 Å². The van der Waals surface area contributed by atoms with Crippen LogP contribution in [0.4, 0.5) is 14.5 Å². The second-order valence-electron chi connectivity index (χ2n) is 2.67. The highest BCUT2D eigenvalue weighted by molar-refractivity contribution is 14.1. The number of alkyl halides is 2. The molecule has 0 aliphatic heterocycles. The van der Waals surface area contributed by atoms with Crippen molar-refractivity contribution >= 4 is 48.0 Å². The van der Waals surface area contributed by atoms with Crippen LogP contribution in [0.25, 0.3) is 0 Å². The number of hydrogen-bond acceptors (Lipinski definition) is 5. The lowest BCUT2D eigenvalue weighted by Crippen LogP contribution is -2.07. The van der Waals surface area contributed by atoms with Crippen molar-refractivity contribution in [1.82, 2.24) is 4.98 Å². The molecule has 0 fully saturated rings. The Morgan fingerprint density at radius 3 is 2.41 bits per heavy atom. The van der Waals surface area contributed by atoms with E-state index in [2.05, 4.69) is 4.98 Å². The first-order chi connectivity index (χ1) is 7.66. The van der Waals surface area contributed by atoms with Gasteiger partial charge in [-0.05, 0) is 22.6 Å². The number of aromatic nitrogens is 1. The molecule has 1 heterocycles. The number of pyridine rings is 1. The Hall–Kier alpha value is -0.620. The van der Waals surface area contributed by atoms with Gasteiger partial charge in [0.2, 0.25) is 0 Å². The zero-order valence-electron chi connectivity index (χ0n) is 7.60. The van der Waals surface area contributed by atoms with Crippen molar-refractivity contribution < 1.29 is 22.1 Å². The van der Waals surface area contributed by atoms with E-state index in [1.165, 1.54) is 22.6 Å². The molecule has 1 rings (SSSR count). The summed E-state index contributed by atoms with van der Waals surface area (Å²) in [6.45, 7) is 0. The van der Waals surface area contributed by atoms with E-state index in [4.69, 9.17) is 10.7 Å². The lowest BCUT2D eigenvalue weighted by atomic mass is 10.2. The average Bonchev–Trinajstić information content (AvgIpc) is 2.14. The van der Waals surface area contributed by atoms with Gasteiger partial charge in [-0.3, -0.25) is 10.1 Å². The van der Waals surface area contributed by atoms with Gasteiger partial charge in [0.1, 0.15) is 10.5 Å². The molecule has 0 spiro atoms. The van der Waals surface area contributed by atoms with Gasteiger partial charge in [0.25, 0.3) is 15.5 Å².